The molecule has 0 saturated carbocycles. The molecule has 30 heavy (non-hydrogen) atoms. The number of imide groups is 1. The molecule has 2 aliphatic heterocycles. The fraction of sp³-hybridized carbons (Fsp3) is 0.217. The van der Waals surface area contributed by atoms with Crippen LogP contribution in [0, 0.1) is 11.7 Å². The van der Waals surface area contributed by atoms with Gasteiger partial charge in [-0.3, -0.25) is 14.9 Å². The van der Waals surface area contributed by atoms with Crippen molar-refractivity contribution in [3.8, 4) is 0 Å². The van der Waals surface area contributed by atoms with Crippen LogP contribution in [0.15, 0.2) is 54.2 Å². The number of rotatable bonds is 5. The Morgan fingerprint density at radius 1 is 1.10 bits per heavy atom. The Kier molecular flexibility index (Phi) is 4.40. The third-order valence-electron chi connectivity index (χ3n) is 5.79. The quantitative estimate of drug-likeness (QED) is 0.572. The lowest BCUT2D eigenvalue weighted by Gasteiger charge is -2.10. The molecule has 2 aliphatic rings. The molecule has 1 atom stereocenters. The van der Waals surface area contributed by atoms with Crippen LogP contribution in [-0.2, 0) is 22.6 Å². The van der Waals surface area contributed by atoms with E-state index in [1.54, 1.807) is 12.1 Å². The van der Waals surface area contributed by atoms with E-state index in [0.717, 1.165) is 41.7 Å². The second-order valence-electron chi connectivity index (χ2n) is 7.74. The first-order valence-electron chi connectivity index (χ1n) is 9.94. The zero-order chi connectivity index (χ0) is 20.8. The number of aromatic nitrogens is 1. The van der Waals surface area contributed by atoms with E-state index in [2.05, 4.69) is 20.5 Å². The average Bonchev–Trinajstić information content (AvgIpc) is 3.35. The number of fused-ring (bicyclic) bond motifs is 3. The summed E-state index contributed by atoms with van der Waals surface area (Å²) in [6.07, 6.45) is 0.819. The summed E-state index contributed by atoms with van der Waals surface area (Å²) in [4.78, 5) is 25.5. The van der Waals surface area contributed by atoms with E-state index < -0.39 is 11.8 Å². The summed E-state index contributed by atoms with van der Waals surface area (Å²) in [5, 5.41) is 9.64. The number of hydrogen-bond acceptors (Lipinski definition) is 4. The predicted molar refractivity (Wildman–Crippen MR) is 113 cm³/mol. The maximum atomic E-state index is 13.3. The molecule has 3 aromatic rings. The number of benzene rings is 2. The van der Waals surface area contributed by atoms with Gasteiger partial charge < -0.3 is 15.2 Å². The van der Waals surface area contributed by atoms with Gasteiger partial charge in [-0.25, -0.2) is 4.39 Å². The van der Waals surface area contributed by atoms with Crippen LogP contribution in [0.2, 0.25) is 0 Å². The van der Waals surface area contributed by atoms with E-state index in [1.807, 2.05) is 31.3 Å². The molecule has 0 aliphatic carbocycles. The maximum Gasteiger partial charge on any atom is 0.275 e. The van der Waals surface area contributed by atoms with Gasteiger partial charge in [-0.05, 0) is 56.3 Å². The van der Waals surface area contributed by atoms with Gasteiger partial charge in [-0.15, -0.1) is 0 Å². The average molecular weight is 404 g/mol. The van der Waals surface area contributed by atoms with Crippen LogP contribution >= 0.6 is 0 Å². The zero-order valence-corrected chi connectivity index (χ0v) is 16.5. The number of hydrogen-bond donors (Lipinski definition) is 3. The van der Waals surface area contributed by atoms with Gasteiger partial charge in [0, 0.05) is 34.4 Å². The van der Waals surface area contributed by atoms with Gasteiger partial charge in [-0.2, -0.15) is 0 Å². The summed E-state index contributed by atoms with van der Waals surface area (Å²) in [5.74, 6) is -0.842. The maximum absolute atomic E-state index is 13.3. The van der Waals surface area contributed by atoms with Crippen molar-refractivity contribution in [2.45, 2.75) is 13.0 Å². The van der Waals surface area contributed by atoms with Crippen molar-refractivity contribution < 1.29 is 14.0 Å². The Morgan fingerprint density at radius 3 is 2.63 bits per heavy atom. The summed E-state index contributed by atoms with van der Waals surface area (Å²) in [6, 6.07) is 13.7. The number of halogens is 1. The Morgan fingerprint density at radius 2 is 1.87 bits per heavy atom. The minimum absolute atomic E-state index is 0.197. The molecule has 5 rings (SSSR count). The molecule has 6 nitrogen and oxygen atoms in total. The van der Waals surface area contributed by atoms with Crippen LogP contribution in [0.25, 0.3) is 16.5 Å². The standard InChI is InChI=1S/C23H21FN4O2/c1-25-11-13-10-18-19(16-4-2-3-5-17(16)28(18)12-13)20-21(23(30)27-22(20)29)26-15-8-6-14(24)7-9-15/h2-9,13,25H,10-12H2,1H3,(H2,26,27,29,30)/t13-/m1/s1. The molecule has 3 heterocycles. The normalized spacial score (nSPS) is 18.3. The lowest BCUT2D eigenvalue weighted by atomic mass is 9.96. The molecule has 2 aromatic carbocycles. The van der Waals surface area contributed by atoms with E-state index in [4.69, 9.17) is 0 Å². The van der Waals surface area contributed by atoms with Gasteiger partial charge in [0.25, 0.3) is 11.8 Å². The zero-order valence-electron chi connectivity index (χ0n) is 16.5. The van der Waals surface area contributed by atoms with E-state index in [-0.39, 0.29) is 11.5 Å². The third-order valence-corrected chi connectivity index (χ3v) is 5.79. The molecule has 0 saturated heterocycles. The number of carbonyl (C=O) groups is 2. The minimum atomic E-state index is -0.479. The Labute approximate surface area is 172 Å². The molecule has 0 fully saturated rings. The van der Waals surface area contributed by atoms with Gasteiger partial charge in [0.1, 0.15) is 11.5 Å². The van der Waals surface area contributed by atoms with Crippen molar-refractivity contribution in [1.29, 1.82) is 0 Å². The molecule has 7 heteroatoms. The molecule has 3 N–H and O–H groups in total. The Hall–Kier alpha value is -3.45. The second kappa shape index (κ2) is 7.11. The highest BCUT2D eigenvalue weighted by atomic mass is 19.1. The van der Waals surface area contributed by atoms with Crippen molar-refractivity contribution in [1.82, 2.24) is 15.2 Å². The first kappa shape index (κ1) is 18.6. The van der Waals surface area contributed by atoms with E-state index >= 15 is 0 Å². The molecule has 0 radical (unpaired) electrons. The van der Waals surface area contributed by atoms with E-state index in [9.17, 15) is 14.0 Å². The van der Waals surface area contributed by atoms with Crippen LogP contribution in [0.1, 0.15) is 11.3 Å². The number of nitrogens with one attached hydrogen (secondary N) is 3. The predicted octanol–water partition coefficient (Wildman–Crippen LogP) is 2.65. The first-order chi connectivity index (χ1) is 14.6. The number of anilines is 1. The molecule has 0 bridgehead atoms. The van der Waals surface area contributed by atoms with E-state index in [1.165, 1.54) is 12.1 Å². The summed E-state index contributed by atoms with van der Waals surface area (Å²) in [6.45, 7) is 1.74. The van der Waals surface area contributed by atoms with Crippen molar-refractivity contribution >= 4 is 34.0 Å². The summed E-state index contributed by atoms with van der Waals surface area (Å²) in [7, 11) is 1.93. The molecule has 152 valence electrons. The second-order valence-corrected chi connectivity index (χ2v) is 7.74. The lowest BCUT2D eigenvalue weighted by Crippen LogP contribution is -2.24. The van der Waals surface area contributed by atoms with Crippen LogP contribution in [0.5, 0.6) is 0 Å². The Bertz CT molecular complexity index is 1210. The highest BCUT2D eigenvalue weighted by Gasteiger charge is 2.37. The lowest BCUT2D eigenvalue weighted by molar-refractivity contribution is -0.123. The number of carbonyl (C=O) groups excluding carboxylic acids is 2. The molecule has 1 aromatic heterocycles. The largest absolute Gasteiger partial charge is 0.350 e. The third kappa shape index (κ3) is 2.90. The highest BCUT2D eigenvalue weighted by molar-refractivity contribution is 6.38. The van der Waals surface area contributed by atoms with Gasteiger partial charge in [0.2, 0.25) is 0 Å². The SMILES string of the molecule is CNC[C@H]1Cc2c(C3=C(Nc4ccc(F)cc4)C(=O)NC3=O)c3ccccc3n2C1. The topological polar surface area (TPSA) is 75.2 Å². The molecular weight excluding hydrogens is 383 g/mol. The Balaban J connectivity index is 1.69. The first-order valence-corrected chi connectivity index (χ1v) is 9.94. The number of amides is 2. The van der Waals surface area contributed by atoms with Gasteiger partial charge in [0.05, 0.1) is 5.57 Å². The van der Waals surface area contributed by atoms with Crippen LogP contribution in [0.4, 0.5) is 10.1 Å². The fourth-order valence-electron chi connectivity index (χ4n) is 4.57. The van der Waals surface area contributed by atoms with Gasteiger partial charge in [-0.1, -0.05) is 18.2 Å². The summed E-state index contributed by atoms with van der Waals surface area (Å²) < 4.78 is 15.5. The van der Waals surface area contributed by atoms with Crippen LogP contribution in [-0.4, -0.2) is 30.0 Å². The number of para-hydroxylation sites is 1. The smallest absolute Gasteiger partial charge is 0.275 e. The van der Waals surface area contributed by atoms with Crippen molar-refractivity contribution in [2.75, 3.05) is 18.9 Å². The summed E-state index contributed by atoms with van der Waals surface area (Å²) >= 11 is 0. The fourth-order valence-corrected chi connectivity index (χ4v) is 4.57. The van der Waals surface area contributed by atoms with Crippen molar-refractivity contribution in [3.05, 3.63) is 71.3 Å². The summed E-state index contributed by atoms with van der Waals surface area (Å²) in [5.41, 5.74) is 4.01. The number of nitrogens with zero attached hydrogens (tertiary/aromatic N) is 1. The molecular formula is C23H21FN4O2. The van der Waals surface area contributed by atoms with Gasteiger partial charge in [0.15, 0.2) is 0 Å². The monoisotopic (exact) mass is 404 g/mol. The molecule has 0 unspecified atom stereocenters. The van der Waals surface area contributed by atoms with Crippen molar-refractivity contribution in [3.63, 3.8) is 0 Å². The minimum Gasteiger partial charge on any atom is -0.350 e. The molecule has 2 amide bonds. The highest BCUT2D eigenvalue weighted by Crippen LogP contribution is 2.40. The van der Waals surface area contributed by atoms with Crippen LogP contribution < -0.4 is 16.0 Å². The molecule has 0 spiro atoms. The van der Waals surface area contributed by atoms with E-state index in [0.29, 0.717) is 17.2 Å². The van der Waals surface area contributed by atoms with Crippen molar-refractivity contribution in [2.24, 2.45) is 5.92 Å². The van der Waals surface area contributed by atoms with Crippen LogP contribution in [0.3, 0.4) is 0 Å². The van der Waals surface area contributed by atoms with Gasteiger partial charge >= 0.3 is 0 Å².